The third-order valence-electron chi connectivity index (χ3n) is 2.70. The Balaban J connectivity index is 2.63. The van der Waals surface area contributed by atoms with E-state index in [1.807, 2.05) is 13.8 Å². The van der Waals surface area contributed by atoms with Crippen molar-refractivity contribution < 1.29 is 14.3 Å². The van der Waals surface area contributed by atoms with Gasteiger partial charge in [0, 0.05) is 19.8 Å². The maximum atomic E-state index is 12.3. The third-order valence-corrected chi connectivity index (χ3v) is 2.70. The van der Waals surface area contributed by atoms with Crippen molar-refractivity contribution in [3.8, 4) is 0 Å². The zero-order valence-corrected chi connectivity index (χ0v) is 14.1. The second-order valence-corrected chi connectivity index (χ2v) is 6.89. The molecule has 0 aliphatic rings. The molecule has 22 heavy (non-hydrogen) atoms. The number of aromatic nitrogens is 1. The molecule has 2 amide bonds. The van der Waals surface area contributed by atoms with Crippen molar-refractivity contribution in [1.29, 1.82) is 0 Å². The predicted molar refractivity (Wildman–Crippen MR) is 84.6 cm³/mol. The van der Waals surface area contributed by atoms with Gasteiger partial charge in [0.05, 0.1) is 5.54 Å². The Morgan fingerprint density at radius 3 is 2.36 bits per heavy atom. The summed E-state index contributed by atoms with van der Waals surface area (Å²) in [5.41, 5.74) is -0.810. The van der Waals surface area contributed by atoms with E-state index in [0.29, 0.717) is 12.2 Å². The predicted octanol–water partition coefficient (Wildman–Crippen LogP) is 2.46. The van der Waals surface area contributed by atoms with Gasteiger partial charge in [-0.25, -0.2) is 4.79 Å². The number of amides is 2. The lowest BCUT2D eigenvalue weighted by Gasteiger charge is -2.32. The number of pyridine rings is 1. The molecular formula is C16H25N3O3. The Morgan fingerprint density at radius 2 is 1.86 bits per heavy atom. The quantitative estimate of drug-likeness (QED) is 0.927. The monoisotopic (exact) mass is 307 g/mol. The fraction of sp³-hybridized carbons (Fsp3) is 0.562. The molecule has 0 saturated heterocycles. The van der Waals surface area contributed by atoms with Gasteiger partial charge in [-0.05, 0) is 46.8 Å². The van der Waals surface area contributed by atoms with Gasteiger partial charge in [0.1, 0.15) is 11.3 Å². The summed E-state index contributed by atoms with van der Waals surface area (Å²) >= 11 is 0. The Bertz CT molecular complexity index is 521. The molecule has 0 spiro atoms. The van der Waals surface area contributed by atoms with Crippen molar-refractivity contribution in [2.75, 3.05) is 13.6 Å². The highest BCUT2D eigenvalue weighted by molar-refractivity contribution is 5.92. The van der Waals surface area contributed by atoms with Crippen LogP contribution in [0.1, 0.15) is 45.1 Å². The molecule has 0 saturated carbocycles. The van der Waals surface area contributed by atoms with Gasteiger partial charge in [0.25, 0.3) is 5.91 Å². The highest BCUT2D eigenvalue weighted by Gasteiger charge is 2.27. The average Bonchev–Trinajstić information content (AvgIpc) is 2.35. The van der Waals surface area contributed by atoms with Crippen LogP contribution in [0.4, 0.5) is 4.79 Å². The number of likely N-dealkylation sites (N-methyl/N-ethyl adjacent to an activating group) is 1. The van der Waals surface area contributed by atoms with Gasteiger partial charge in [-0.1, -0.05) is 6.07 Å². The lowest BCUT2D eigenvalue weighted by Crippen LogP contribution is -2.53. The third kappa shape index (κ3) is 6.11. The average molecular weight is 307 g/mol. The van der Waals surface area contributed by atoms with E-state index in [1.165, 1.54) is 4.90 Å². The molecule has 0 unspecified atom stereocenters. The van der Waals surface area contributed by atoms with Crippen molar-refractivity contribution in [1.82, 2.24) is 15.2 Å². The number of hydrogen-bond acceptors (Lipinski definition) is 4. The standard InChI is InChI=1S/C16H25N3O3/c1-15(2,3)22-14(21)18-16(4,5)11-19(6)13(20)12-9-7-8-10-17-12/h7-10H,11H2,1-6H3,(H,18,21). The highest BCUT2D eigenvalue weighted by Crippen LogP contribution is 2.11. The van der Waals surface area contributed by atoms with Crippen molar-refractivity contribution in [2.24, 2.45) is 0 Å². The lowest BCUT2D eigenvalue weighted by atomic mass is 10.1. The van der Waals surface area contributed by atoms with Gasteiger partial charge >= 0.3 is 6.09 Å². The summed E-state index contributed by atoms with van der Waals surface area (Å²) < 4.78 is 5.23. The zero-order valence-electron chi connectivity index (χ0n) is 14.1. The minimum atomic E-state index is -0.623. The van der Waals surface area contributed by atoms with Crippen molar-refractivity contribution in [3.63, 3.8) is 0 Å². The van der Waals surface area contributed by atoms with Gasteiger partial charge in [-0.3, -0.25) is 9.78 Å². The Hall–Kier alpha value is -2.11. The second-order valence-electron chi connectivity index (χ2n) is 6.89. The molecule has 6 nitrogen and oxygen atoms in total. The zero-order chi connectivity index (χ0) is 17.0. The van der Waals surface area contributed by atoms with Crippen LogP contribution in [0.2, 0.25) is 0 Å². The number of hydrogen-bond donors (Lipinski definition) is 1. The summed E-state index contributed by atoms with van der Waals surface area (Å²) in [5, 5.41) is 2.77. The maximum absolute atomic E-state index is 12.3. The first-order valence-corrected chi connectivity index (χ1v) is 7.18. The molecule has 122 valence electrons. The van der Waals surface area contributed by atoms with Gasteiger partial charge in [0.15, 0.2) is 0 Å². The highest BCUT2D eigenvalue weighted by atomic mass is 16.6. The SMILES string of the molecule is CN(CC(C)(C)NC(=O)OC(C)(C)C)C(=O)c1ccccn1. The van der Waals surface area contributed by atoms with Gasteiger partial charge < -0.3 is 15.0 Å². The summed E-state index contributed by atoms with van der Waals surface area (Å²) in [6, 6.07) is 5.18. The summed E-state index contributed by atoms with van der Waals surface area (Å²) in [6.07, 6.45) is 1.07. The number of nitrogens with one attached hydrogen (secondary N) is 1. The number of carbonyl (C=O) groups is 2. The van der Waals surface area contributed by atoms with E-state index in [1.54, 1.807) is 52.2 Å². The fourth-order valence-corrected chi connectivity index (χ4v) is 1.97. The number of nitrogens with zero attached hydrogens (tertiary/aromatic N) is 2. The molecule has 0 aliphatic carbocycles. The number of rotatable bonds is 4. The summed E-state index contributed by atoms with van der Waals surface area (Å²) in [6.45, 7) is 9.41. The van der Waals surface area contributed by atoms with Crippen LogP contribution >= 0.6 is 0 Å². The molecule has 0 fully saturated rings. The van der Waals surface area contributed by atoms with Crippen LogP contribution in [-0.4, -0.2) is 46.6 Å². The van der Waals surface area contributed by atoms with Gasteiger partial charge in [-0.2, -0.15) is 0 Å². The van der Waals surface area contributed by atoms with Gasteiger partial charge in [0.2, 0.25) is 0 Å². The molecule has 1 aromatic heterocycles. The van der Waals surface area contributed by atoms with Crippen LogP contribution in [0.25, 0.3) is 0 Å². The molecule has 1 rings (SSSR count). The van der Waals surface area contributed by atoms with E-state index < -0.39 is 17.2 Å². The van der Waals surface area contributed by atoms with E-state index in [9.17, 15) is 9.59 Å². The minimum Gasteiger partial charge on any atom is -0.444 e. The van der Waals surface area contributed by atoms with Crippen LogP contribution in [0.3, 0.4) is 0 Å². The van der Waals surface area contributed by atoms with Crippen molar-refractivity contribution in [3.05, 3.63) is 30.1 Å². The molecule has 1 N–H and O–H groups in total. The smallest absolute Gasteiger partial charge is 0.408 e. The lowest BCUT2D eigenvalue weighted by molar-refractivity contribution is 0.0441. The first-order chi connectivity index (χ1) is 10.0. The molecular weight excluding hydrogens is 282 g/mol. The number of ether oxygens (including phenoxy) is 1. The molecule has 0 radical (unpaired) electrons. The largest absolute Gasteiger partial charge is 0.444 e. The number of carbonyl (C=O) groups excluding carboxylic acids is 2. The topological polar surface area (TPSA) is 71.5 Å². The summed E-state index contributed by atoms with van der Waals surface area (Å²) in [5.74, 6) is -0.195. The second kappa shape index (κ2) is 6.77. The minimum absolute atomic E-state index is 0.195. The fourth-order valence-electron chi connectivity index (χ4n) is 1.97. The molecule has 1 heterocycles. The maximum Gasteiger partial charge on any atom is 0.408 e. The Labute approximate surface area is 131 Å². The van der Waals surface area contributed by atoms with Crippen molar-refractivity contribution in [2.45, 2.75) is 45.8 Å². The van der Waals surface area contributed by atoms with Crippen molar-refractivity contribution >= 4 is 12.0 Å². The van der Waals surface area contributed by atoms with Crippen LogP contribution in [0.15, 0.2) is 24.4 Å². The van der Waals surface area contributed by atoms with E-state index >= 15 is 0 Å². The van der Waals surface area contributed by atoms with Crippen LogP contribution in [0.5, 0.6) is 0 Å². The summed E-state index contributed by atoms with van der Waals surface area (Å²) in [4.78, 5) is 29.7. The molecule has 0 aliphatic heterocycles. The molecule has 0 aromatic carbocycles. The van der Waals surface area contributed by atoms with Crippen LogP contribution in [-0.2, 0) is 4.74 Å². The molecule has 6 heteroatoms. The number of alkyl carbamates (subject to hydrolysis) is 1. The summed E-state index contributed by atoms with van der Waals surface area (Å²) in [7, 11) is 1.68. The normalized spacial score (nSPS) is 11.7. The van der Waals surface area contributed by atoms with Crippen LogP contribution < -0.4 is 5.32 Å². The molecule has 1 aromatic rings. The first-order valence-electron chi connectivity index (χ1n) is 7.18. The first kappa shape index (κ1) is 17.9. The van der Waals surface area contributed by atoms with E-state index in [0.717, 1.165) is 0 Å². The van der Waals surface area contributed by atoms with E-state index in [4.69, 9.17) is 4.74 Å². The van der Waals surface area contributed by atoms with Gasteiger partial charge in [-0.15, -0.1) is 0 Å². The molecule has 0 atom stereocenters. The van der Waals surface area contributed by atoms with E-state index in [2.05, 4.69) is 10.3 Å². The van der Waals surface area contributed by atoms with Crippen LogP contribution in [0, 0.1) is 0 Å². The van der Waals surface area contributed by atoms with E-state index in [-0.39, 0.29) is 5.91 Å². The molecule has 0 bridgehead atoms. The Kier molecular flexibility index (Phi) is 5.52. The Morgan fingerprint density at radius 1 is 1.23 bits per heavy atom.